The summed E-state index contributed by atoms with van der Waals surface area (Å²) in [4.78, 5) is 14.9. The molecule has 1 atom stereocenters. The van der Waals surface area contributed by atoms with E-state index in [2.05, 4.69) is 10.1 Å². The summed E-state index contributed by atoms with van der Waals surface area (Å²) in [5, 5.41) is 13.0. The van der Waals surface area contributed by atoms with Gasteiger partial charge in [0.15, 0.2) is 11.8 Å². The van der Waals surface area contributed by atoms with Gasteiger partial charge >= 0.3 is 5.97 Å². The maximum Gasteiger partial charge on any atom is 0.337 e. The van der Waals surface area contributed by atoms with Crippen molar-refractivity contribution in [1.82, 2.24) is 9.78 Å². The highest BCUT2D eigenvalue weighted by atomic mass is 19.1. The smallest absolute Gasteiger partial charge is 0.337 e. The first kappa shape index (κ1) is 13.3. The van der Waals surface area contributed by atoms with E-state index in [0.29, 0.717) is 5.56 Å². The number of aromatic nitrogens is 2. The van der Waals surface area contributed by atoms with Crippen LogP contribution in [0.3, 0.4) is 0 Å². The van der Waals surface area contributed by atoms with Gasteiger partial charge in [0.1, 0.15) is 0 Å². The highest BCUT2D eigenvalue weighted by Gasteiger charge is 2.17. The van der Waals surface area contributed by atoms with Crippen LogP contribution in [0.25, 0.3) is 0 Å². The lowest BCUT2D eigenvalue weighted by molar-refractivity contribution is 0.0694. The molecule has 1 heterocycles. The van der Waals surface area contributed by atoms with Gasteiger partial charge in [-0.25, -0.2) is 14.2 Å². The van der Waals surface area contributed by atoms with E-state index in [9.17, 15) is 9.18 Å². The molecule has 0 saturated heterocycles. The first-order valence-electron chi connectivity index (χ1n) is 5.32. The Bertz CT molecular complexity index is 492. The molecule has 0 bridgehead atoms. The van der Waals surface area contributed by atoms with Crippen LogP contribution in [-0.2, 0) is 7.05 Å². The summed E-state index contributed by atoms with van der Waals surface area (Å²) >= 11 is 0. The Kier molecular flexibility index (Phi) is 3.98. The summed E-state index contributed by atoms with van der Waals surface area (Å²) in [5.74, 6) is -1.16. The molecule has 17 heavy (non-hydrogen) atoms. The van der Waals surface area contributed by atoms with Gasteiger partial charge in [-0.3, -0.25) is 4.68 Å². The highest BCUT2D eigenvalue weighted by Crippen LogP contribution is 2.14. The topological polar surface area (TPSA) is 67.5 Å². The minimum absolute atomic E-state index is 0.0671. The summed E-state index contributed by atoms with van der Waals surface area (Å²) < 4.78 is 14.4. The molecule has 1 unspecified atom stereocenters. The zero-order valence-electron chi connectivity index (χ0n) is 10.3. The predicted octanol–water partition coefficient (Wildman–Crippen LogP) is 1.46. The molecule has 0 aliphatic heterocycles. The molecule has 6 heteroatoms. The van der Waals surface area contributed by atoms with E-state index in [4.69, 9.17) is 5.11 Å². The van der Waals surface area contributed by atoms with Crippen LogP contribution >= 0.6 is 0 Å². The number of hydrogen-bond donors (Lipinski definition) is 1. The van der Waals surface area contributed by atoms with E-state index < -0.39 is 12.3 Å². The van der Waals surface area contributed by atoms with Gasteiger partial charge in [0.25, 0.3) is 0 Å². The van der Waals surface area contributed by atoms with Crippen molar-refractivity contribution in [3.05, 3.63) is 22.8 Å². The lowest BCUT2D eigenvalue weighted by Gasteiger charge is -2.12. The van der Waals surface area contributed by atoms with Crippen molar-refractivity contribution in [2.45, 2.75) is 33.0 Å². The maximum absolute atomic E-state index is 13.0. The number of carbonyl (C=O) groups is 1. The van der Waals surface area contributed by atoms with Crippen LogP contribution in [0, 0.1) is 0 Å². The first-order chi connectivity index (χ1) is 7.84. The van der Waals surface area contributed by atoms with Crippen LogP contribution in [0.15, 0.2) is 11.2 Å². The van der Waals surface area contributed by atoms with Gasteiger partial charge in [0.2, 0.25) is 0 Å². The van der Waals surface area contributed by atoms with Crippen molar-refractivity contribution < 1.29 is 14.3 Å². The number of carboxylic acids is 1. The van der Waals surface area contributed by atoms with Crippen LogP contribution in [0.4, 0.5) is 4.39 Å². The third kappa shape index (κ3) is 2.89. The Morgan fingerprint density at radius 1 is 1.53 bits per heavy atom. The fraction of sp³-hybridized carbons (Fsp3) is 0.545. The molecule has 1 N–H and O–H groups in total. The summed E-state index contributed by atoms with van der Waals surface area (Å²) in [6.07, 6.45) is -0.135. The number of aryl methyl sites for hydroxylation is 1. The molecule has 0 saturated carbocycles. The molecule has 1 rings (SSSR count). The summed E-state index contributed by atoms with van der Waals surface area (Å²) in [6.45, 7) is 4.96. The Morgan fingerprint density at radius 3 is 2.53 bits per heavy atom. The van der Waals surface area contributed by atoms with Crippen molar-refractivity contribution in [1.29, 1.82) is 0 Å². The number of hydrogen-bond acceptors (Lipinski definition) is 3. The van der Waals surface area contributed by atoms with E-state index in [0.717, 1.165) is 0 Å². The average molecular weight is 241 g/mol. The standard InChI is InChI=1S/C11H16FN3O2/c1-6(2)9-8(11(16)17)5-13-15(4)10(9)14-7(3)12/h5-7H,1-4H3,(H,16,17). The van der Waals surface area contributed by atoms with Crippen molar-refractivity contribution in [2.24, 2.45) is 12.0 Å². The zero-order chi connectivity index (χ0) is 13.2. The molecule has 0 aliphatic rings. The number of alkyl halides is 1. The monoisotopic (exact) mass is 241 g/mol. The van der Waals surface area contributed by atoms with Gasteiger partial charge in [-0.2, -0.15) is 5.10 Å². The third-order valence-corrected chi connectivity index (χ3v) is 2.31. The Balaban J connectivity index is 3.67. The van der Waals surface area contributed by atoms with E-state index >= 15 is 0 Å². The number of rotatable bonds is 3. The van der Waals surface area contributed by atoms with Crippen LogP contribution in [0.2, 0.25) is 0 Å². The minimum Gasteiger partial charge on any atom is -0.478 e. The molecule has 5 nitrogen and oxygen atoms in total. The van der Waals surface area contributed by atoms with Crippen LogP contribution in [-0.4, -0.2) is 27.2 Å². The predicted molar refractivity (Wildman–Crippen MR) is 60.4 cm³/mol. The van der Waals surface area contributed by atoms with Gasteiger partial charge in [-0.15, -0.1) is 0 Å². The molecule has 0 aliphatic carbocycles. The second-order valence-electron chi connectivity index (χ2n) is 4.08. The summed E-state index contributed by atoms with van der Waals surface area (Å²) in [7, 11) is 1.61. The second kappa shape index (κ2) is 5.07. The molecular formula is C11H16FN3O2. The van der Waals surface area contributed by atoms with E-state index in [-0.39, 0.29) is 17.0 Å². The van der Waals surface area contributed by atoms with Gasteiger partial charge in [-0.05, 0) is 12.8 Å². The second-order valence-corrected chi connectivity index (χ2v) is 4.08. The van der Waals surface area contributed by atoms with Crippen molar-refractivity contribution in [2.75, 3.05) is 0 Å². The molecule has 0 fully saturated rings. The normalized spacial score (nSPS) is 14.1. The maximum atomic E-state index is 13.0. The Morgan fingerprint density at radius 2 is 2.12 bits per heavy atom. The quantitative estimate of drug-likeness (QED) is 0.814. The number of nitrogens with zero attached hydrogens (tertiary/aromatic N) is 3. The molecule has 0 aromatic carbocycles. The summed E-state index contributed by atoms with van der Waals surface area (Å²) in [6, 6.07) is 0. The highest BCUT2D eigenvalue weighted by molar-refractivity contribution is 5.88. The Labute approximate surface area is 98.6 Å². The van der Waals surface area contributed by atoms with Crippen molar-refractivity contribution in [3.63, 3.8) is 0 Å². The molecule has 1 aromatic rings. The van der Waals surface area contributed by atoms with Gasteiger partial charge in [0.05, 0.1) is 11.8 Å². The lowest BCUT2D eigenvalue weighted by atomic mass is 10.00. The average Bonchev–Trinajstić information content (AvgIpc) is 2.19. The SMILES string of the molecule is CC(F)N=c1c(C(C)C)c(C(=O)O)cnn1C. The van der Waals surface area contributed by atoms with E-state index in [1.54, 1.807) is 7.05 Å². The van der Waals surface area contributed by atoms with Gasteiger partial charge in [0, 0.05) is 12.6 Å². The summed E-state index contributed by atoms with van der Waals surface area (Å²) in [5.41, 5.74) is 0.840. The fourth-order valence-corrected chi connectivity index (χ4v) is 1.62. The first-order valence-corrected chi connectivity index (χ1v) is 5.32. The van der Waals surface area contributed by atoms with E-state index in [1.165, 1.54) is 17.8 Å². The fourth-order valence-electron chi connectivity index (χ4n) is 1.62. The van der Waals surface area contributed by atoms with E-state index in [1.807, 2.05) is 13.8 Å². The van der Waals surface area contributed by atoms with Gasteiger partial charge < -0.3 is 5.11 Å². The van der Waals surface area contributed by atoms with Crippen molar-refractivity contribution >= 4 is 5.97 Å². The third-order valence-electron chi connectivity index (χ3n) is 2.31. The molecule has 0 amide bonds. The number of carboxylic acid groups (broad SMARTS) is 1. The lowest BCUT2D eigenvalue weighted by Crippen LogP contribution is -2.30. The van der Waals surface area contributed by atoms with Crippen LogP contribution in [0.5, 0.6) is 0 Å². The van der Waals surface area contributed by atoms with Crippen LogP contribution in [0.1, 0.15) is 42.6 Å². The molecule has 1 aromatic heterocycles. The number of halogens is 1. The zero-order valence-corrected chi connectivity index (χ0v) is 10.3. The molecule has 94 valence electrons. The largest absolute Gasteiger partial charge is 0.478 e. The van der Waals surface area contributed by atoms with Crippen molar-refractivity contribution in [3.8, 4) is 0 Å². The molecular weight excluding hydrogens is 225 g/mol. The molecule has 0 spiro atoms. The molecule has 0 radical (unpaired) electrons. The minimum atomic E-state index is -1.40. The number of aromatic carboxylic acids is 1. The van der Waals surface area contributed by atoms with Gasteiger partial charge in [-0.1, -0.05) is 13.8 Å². The van der Waals surface area contributed by atoms with Crippen LogP contribution < -0.4 is 5.49 Å². The Hall–Kier alpha value is -1.72.